The zero-order valence-corrected chi connectivity index (χ0v) is 7.62. The van der Waals surface area contributed by atoms with Gasteiger partial charge in [0.05, 0.1) is 6.04 Å². The lowest BCUT2D eigenvalue weighted by molar-refractivity contribution is -0.0328. The summed E-state index contributed by atoms with van der Waals surface area (Å²) >= 11 is 0. The largest absolute Gasteiger partial charge is 0.309 e. The molecule has 0 fully saturated rings. The van der Waals surface area contributed by atoms with Crippen molar-refractivity contribution in [2.75, 3.05) is 6.54 Å². The molecule has 1 unspecified atom stereocenters. The highest BCUT2D eigenvalue weighted by atomic mass is 19.3. The van der Waals surface area contributed by atoms with Crippen LogP contribution in [-0.4, -0.2) is 18.5 Å². The zero-order chi connectivity index (χ0) is 9.07. The van der Waals surface area contributed by atoms with Crippen molar-refractivity contribution in [1.29, 1.82) is 0 Å². The van der Waals surface area contributed by atoms with Crippen LogP contribution in [0.4, 0.5) is 8.78 Å². The fourth-order valence-corrected chi connectivity index (χ4v) is 1.22. The van der Waals surface area contributed by atoms with Gasteiger partial charge < -0.3 is 5.32 Å². The van der Waals surface area contributed by atoms with Crippen molar-refractivity contribution in [3.8, 4) is 0 Å². The van der Waals surface area contributed by atoms with Crippen LogP contribution in [0.5, 0.6) is 0 Å². The number of rotatable bonds is 4. The van der Waals surface area contributed by atoms with Gasteiger partial charge in [0.25, 0.3) is 5.92 Å². The maximum Gasteiger partial charge on any atom is 0.260 e. The van der Waals surface area contributed by atoms with Crippen LogP contribution in [0, 0.1) is 5.92 Å². The molecule has 68 valence electrons. The smallest absolute Gasteiger partial charge is 0.260 e. The number of nitrogens with one attached hydrogen (secondary N) is 1. The molecule has 0 bridgehead atoms. The van der Waals surface area contributed by atoms with E-state index in [0.717, 1.165) is 6.92 Å². The van der Waals surface area contributed by atoms with E-state index in [0.29, 0.717) is 6.54 Å². The molecule has 0 heterocycles. The van der Waals surface area contributed by atoms with E-state index in [-0.39, 0.29) is 5.92 Å². The summed E-state index contributed by atoms with van der Waals surface area (Å²) < 4.78 is 25.5. The molecule has 0 rings (SSSR count). The lowest BCUT2D eigenvalue weighted by atomic mass is 9.99. The summed E-state index contributed by atoms with van der Waals surface area (Å²) in [7, 11) is 0. The molecule has 0 aliphatic heterocycles. The summed E-state index contributed by atoms with van der Waals surface area (Å²) in [5, 5.41) is 2.77. The molecule has 0 amide bonds. The van der Waals surface area contributed by atoms with Crippen LogP contribution in [0.25, 0.3) is 0 Å². The van der Waals surface area contributed by atoms with Gasteiger partial charge in [-0.1, -0.05) is 20.8 Å². The van der Waals surface area contributed by atoms with Gasteiger partial charge in [-0.3, -0.25) is 0 Å². The summed E-state index contributed by atoms with van der Waals surface area (Å²) in [4.78, 5) is 0. The Morgan fingerprint density at radius 2 is 1.82 bits per heavy atom. The first-order chi connectivity index (χ1) is 4.89. The molecule has 0 aliphatic rings. The maximum atomic E-state index is 12.8. The zero-order valence-electron chi connectivity index (χ0n) is 7.62. The molecule has 1 nitrogen and oxygen atoms in total. The van der Waals surface area contributed by atoms with Crippen molar-refractivity contribution in [2.24, 2.45) is 5.92 Å². The second kappa shape index (κ2) is 4.00. The van der Waals surface area contributed by atoms with Gasteiger partial charge in [-0.2, -0.15) is 0 Å². The molecule has 0 aromatic carbocycles. The second-order valence-corrected chi connectivity index (χ2v) is 3.24. The summed E-state index contributed by atoms with van der Waals surface area (Å²) in [5.41, 5.74) is 0. The highest BCUT2D eigenvalue weighted by Crippen LogP contribution is 2.22. The molecule has 0 saturated heterocycles. The lowest BCUT2D eigenvalue weighted by Gasteiger charge is -2.27. The summed E-state index contributed by atoms with van der Waals surface area (Å²) in [6.45, 7) is 6.98. The summed E-state index contributed by atoms with van der Waals surface area (Å²) in [6.07, 6.45) is 0. The molecular weight excluding hydrogens is 148 g/mol. The fourth-order valence-electron chi connectivity index (χ4n) is 1.22. The minimum atomic E-state index is -2.62. The second-order valence-electron chi connectivity index (χ2n) is 3.24. The minimum absolute atomic E-state index is 0.0325. The van der Waals surface area contributed by atoms with Crippen LogP contribution in [0.1, 0.15) is 27.7 Å². The highest BCUT2D eigenvalue weighted by Gasteiger charge is 2.35. The Morgan fingerprint density at radius 3 is 1.91 bits per heavy atom. The van der Waals surface area contributed by atoms with Crippen molar-refractivity contribution in [1.82, 2.24) is 5.32 Å². The van der Waals surface area contributed by atoms with Gasteiger partial charge in [0.2, 0.25) is 0 Å². The first-order valence-electron chi connectivity index (χ1n) is 4.00. The van der Waals surface area contributed by atoms with Crippen LogP contribution in [-0.2, 0) is 0 Å². The minimum Gasteiger partial charge on any atom is -0.309 e. The van der Waals surface area contributed by atoms with Gasteiger partial charge in [-0.05, 0) is 12.5 Å². The van der Waals surface area contributed by atoms with Crippen LogP contribution in [0.2, 0.25) is 0 Å². The molecule has 11 heavy (non-hydrogen) atoms. The van der Waals surface area contributed by atoms with Crippen molar-refractivity contribution in [3.05, 3.63) is 0 Å². The average Bonchev–Trinajstić information content (AvgIpc) is 1.79. The number of alkyl halides is 2. The molecule has 0 aromatic rings. The van der Waals surface area contributed by atoms with Gasteiger partial charge in [-0.15, -0.1) is 0 Å². The number of hydrogen-bond acceptors (Lipinski definition) is 1. The summed E-state index contributed by atoms with van der Waals surface area (Å²) in [5.74, 6) is -2.65. The Hall–Kier alpha value is -0.180. The van der Waals surface area contributed by atoms with Crippen molar-refractivity contribution in [3.63, 3.8) is 0 Å². The molecule has 1 N–H and O–H groups in total. The van der Waals surface area contributed by atoms with Crippen molar-refractivity contribution in [2.45, 2.75) is 39.7 Å². The predicted octanol–water partition coefficient (Wildman–Crippen LogP) is 2.28. The average molecular weight is 165 g/mol. The maximum absolute atomic E-state index is 12.8. The first kappa shape index (κ1) is 10.8. The number of hydrogen-bond donors (Lipinski definition) is 1. The Balaban J connectivity index is 4.10. The predicted molar refractivity (Wildman–Crippen MR) is 42.9 cm³/mol. The Bertz CT molecular complexity index is 107. The Kier molecular flexibility index (Phi) is 3.93. The van der Waals surface area contributed by atoms with E-state index in [1.165, 1.54) is 0 Å². The normalized spacial score (nSPS) is 15.5. The van der Waals surface area contributed by atoms with E-state index < -0.39 is 12.0 Å². The molecular formula is C8H17F2N. The Labute approximate surface area is 67.2 Å². The molecule has 0 aliphatic carbocycles. The van der Waals surface area contributed by atoms with E-state index >= 15 is 0 Å². The van der Waals surface area contributed by atoms with Crippen LogP contribution in [0.3, 0.4) is 0 Å². The third kappa shape index (κ3) is 3.65. The van der Waals surface area contributed by atoms with E-state index in [1.807, 2.05) is 6.92 Å². The lowest BCUT2D eigenvalue weighted by Crippen LogP contribution is -2.46. The number of halogens is 2. The van der Waals surface area contributed by atoms with Crippen LogP contribution in [0.15, 0.2) is 0 Å². The van der Waals surface area contributed by atoms with Gasteiger partial charge in [0, 0.05) is 6.92 Å². The Morgan fingerprint density at radius 1 is 1.36 bits per heavy atom. The van der Waals surface area contributed by atoms with Gasteiger partial charge in [0.1, 0.15) is 0 Å². The van der Waals surface area contributed by atoms with Crippen molar-refractivity contribution >= 4 is 0 Å². The highest BCUT2D eigenvalue weighted by molar-refractivity contribution is 4.81. The van der Waals surface area contributed by atoms with E-state index in [9.17, 15) is 8.78 Å². The van der Waals surface area contributed by atoms with Gasteiger partial charge in [0.15, 0.2) is 0 Å². The fraction of sp³-hybridized carbons (Fsp3) is 1.00. The van der Waals surface area contributed by atoms with E-state index in [1.54, 1.807) is 13.8 Å². The third-order valence-electron chi connectivity index (χ3n) is 1.64. The molecule has 0 radical (unpaired) electrons. The molecule has 0 aromatic heterocycles. The third-order valence-corrected chi connectivity index (χ3v) is 1.64. The topological polar surface area (TPSA) is 12.0 Å². The van der Waals surface area contributed by atoms with Gasteiger partial charge in [-0.25, -0.2) is 8.78 Å². The molecule has 1 atom stereocenters. The standard InChI is InChI=1S/C8H17F2N/c1-5-11-7(6(2)3)8(4,9)10/h6-7,11H,5H2,1-4H3. The van der Waals surface area contributed by atoms with Crippen molar-refractivity contribution < 1.29 is 8.78 Å². The quantitative estimate of drug-likeness (QED) is 0.673. The molecule has 0 saturated carbocycles. The summed E-state index contributed by atoms with van der Waals surface area (Å²) in [6, 6.07) is -0.701. The van der Waals surface area contributed by atoms with Crippen LogP contribution < -0.4 is 5.32 Å². The monoisotopic (exact) mass is 165 g/mol. The molecule has 0 spiro atoms. The SMILES string of the molecule is CCNC(C(C)C)C(C)(F)F. The van der Waals surface area contributed by atoms with E-state index in [4.69, 9.17) is 0 Å². The molecule has 3 heteroatoms. The van der Waals surface area contributed by atoms with E-state index in [2.05, 4.69) is 5.32 Å². The van der Waals surface area contributed by atoms with Crippen LogP contribution >= 0.6 is 0 Å². The first-order valence-corrected chi connectivity index (χ1v) is 4.00. The van der Waals surface area contributed by atoms with Gasteiger partial charge >= 0.3 is 0 Å².